The maximum absolute atomic E-state index is 13.2. The van der Waals surface area contributed by atoms with Gasteiger partial charge in [-0.25, -0.2) is 0 Å². The number of amides is 2. The van der Waals surface area contributed by atoms with Gasteiger partial charge < -0.3 is 20.0 Å². The summed E-state index contributed by atoms with van der Waals surface area (Å²) in [5, 5.41) is 3.50. The topological polar surface area (TPSA) is 55.9 Å². The van der Waals surface area contributed by atoms with Crippen LogP contribution in [0.2, 0.25) is 0 Å². The molecule has 0 unspecified atom stereocenters. The van der Waals surface area contributed by atoms with Gasteiger partial charge in [0.2, 0.25) is 0 Å². The molecule has 0 bridgehead atoms. The van der Waals surface area contributed by atoms with Crippen LogP contribution in [-0.4, -0.2) is 60.9 Å². The maximum Gasteiger partial charge on any atom is 0.255 e. The molecule has 0 spiro atoms. The molecule has 1 aliphatic rings. The monoisotopic (exact) mass is 470 g/mol. The second kappa shape index (κ2) is 11.6. The number of hydrogen-bond donors (Lipinski definition) is 1. The normalized spacial score (nSPS) is 13.4. The SMILES string of the molecule is CCN(CC)C(=O)c1ccc(N2CCN(C(=O)c3ccccc3)CC2)cc1NCc1ccccc1. The summed E-state index contributed by atoms with van der Waals surface area (Å²) in [6.45, 7) is 8.83. The molecule has 1 fully saturated rings. The van der Waals surface area contributed by atoms with E-state index in [9.17, 15) is 9.59 Å². The summed E-state index contributed by atoms with van der Waals surface area (Å²) in [5.41, 5.74) is 4.47. The molecule has 0 saturated carbocycles. The molecule has 0 atom stereocenters. The zero-order valence-electron chi connectivity index (χ0n) is 20.6. The van der Waals surface area contributed by atoms with Gasteiger partial charge in [-0.15, -0.1) is 0 Å². The average Bonchev–Trinajstić information content (AvgIpc) is 2.93. The third-order valence-corrected chi connectivity index (χ3v) is 6.56. The molecule has 2 amide bonds. The second-order valence-electron chi connectivity index (χ2n) is 8.69. The van der Waals surface area contributed by atoms with Crippen molar-refractivity contribution in [3.63, 3.8) is 0 Å². The number of benzene rings is 3. The summed E-state index contributed by atoms with van der Waals surface area (Å²) in [7, 11) is 0. The summed E-state index contributed by atoms with van der Waals surface area (Å²) < 4.78 is 0. The first kappa shape index (κ1) is 24.3. The van der Waals surface area contributed by atoms with E-state index in [0.717, 1.165) is 35.6 Å². The third kappa shape index (κ3) is 5.83. The fourth-order valence-corrected chi connectivity index (χ4v) is 4.47. The van der Waals surface area contributed by atoms with Crippen LogP contribution >= 0.6 is 0 Å². The molecule has 6 nitrogen and oxygen atoms in total. The van der Waals surface area contributed by atoms with E-state index in [0.29, 0.717) is 38.3 Å². The number of hydrogen-bond acceptors (Lipinski definition) is 4. The van der Waals surface area contributed by atoms with Gasteiger partial charge in [0, 0.05) is 62.8 Å². The predicted molar refractivity (Wildman–Crippen MR) is 142 cm³/mol. The lowest BCUT2D eigenvalue weighted by molar-refractivity contribution is 0.0744. The van der Waals surface area contributed by atoms with Crippen LogP contribution in [-0.2, 0) is 6.54 Å². The smallest absolute Gasteiger partial charge is 0.255 e. The van der Waals surface area contributed by atoms with Crippen molar-refractivity contribution < 1.29 is 9.59 Å². The number of rotatable bonds is 8. The lowest BCUT2D eigenvalue weighted by Crippen LogP contribution is -2.48. The van der Waals surface area contributed by atoms with Gasteiger partial charge >= 0.3 is 0 Å². The van der Waals surface area contributed by atoms with Crippen LogP contribution in [0.3, 0.4) is 0 Å². The highest BCUT2D eigenvalue weighted by molar-refractivity contribution is 6.00. The van der Waals surface area contributed by atoms with Gasteiger partial charge in [-0.1, -0.05) is 48.5 Å². The Balaban J connectivity index is 1.51. The molecule has 1 aliphatic heterocycles. The van der Waals surface area contributed by atoms with Crippen molar-refractivity contribution in [2.24, 2.45) is 0 Å². The van der Waals surface area contributed by atoms with Crippen molar-refractivity contribution >= 4 is 23.2 Å². The molecule has 1 N–H and O–H groups in total. The molecule has 3 aromatic carbocycles. The van der Waals surface area contributed by atoms with Crippen LogP contribution in [0.5, 0.6) is 0 Å². The summed E-state index contributed by atoms with van der Waals surface area (Å²) in [5.74, 6) is 0.117. The molecule has 1 saturated heterocycles. The Labute approximate surface area is 208 Å². The zero-order chi connectivity index (χ0) is 24.6. The highest BCUT2D eigenvalue weighted by Gasteiger charge is 2.24. The predicted octanol–water partition coefficient (Wildman–Crippen LogP) is 4.74. The van der Waals surface area contributed by atoms with Gasteiger partial charge in [0.15, 0.2) is 0 Å². The second-order valence-corrected chi connectivity index (χ2v) is 8.69. The molecule has 3 aromatic rings. The average molecular weight is 471 g/mol. The Hall–Kier alpha value is -3.80. The highest BCUT2D eigenvalue weighted by atomic mass is 16.2. The van der Waals surface area contributed by atoms with E-state index in [1.165, 1.54) is 0 Å². The molecule has 0 aliphatic carbocycles. The minimum absolute atomic E-state index is 0.0374. The number of nitrogens with zero attached hydrogens (tertiary/aromatic N) is 3. The van der Waals surface area contributed by atoms with E-state index in [4.69, 9.17) is 0 Å². The van der Waals surface area contributed by atoms with Crippen molar-refractivity contribution in [3.8, 4) is 0 Å². The highest BCUT2D eigenvalue weighted by Crippen LogP contribution is 2.27. The summed E-state index contributed by atoms with van der Waals surface area (Å²) in [6.07, 6.45) is 0. The van der Waals surface area contributed by atoms with Crippen LogP contribution in [0.15, 0.2) is 78.9 Å². The molecular formula is C29H34N4O2. The van der Waals surface area contributed by atoms with Crippen LogP contribution in [0.25, 0.3) is 0 Å². The maximum atomic E-state index is 13.2. The Morgan fingerprint density at radius 2 is 1.46 bits per heavy atom. The van der Waals surface area contributed by atoms with Crippen molar-refractivity contribution in [1.29, 1.82) is 0 Å². The standard InChI is InChI=1S/C29H34N4O2/c1-3-31(4-2)29(35)26-16-15-25(21-27(26)30-22-23-11-7-5-8-12-23)32-17-19-33(20-18-32)28(34)24-13-9-6-10-14-24/h5-16,21,30H,3-4,17-20,22H2,1-2H3. The number of anilines is 2. The molecule has 35 heavy (non-hydrogen) atoms. The summed E-state index contributed by atoms with van der Waals surface area (Å²) in [4.78, 5) is 32.1. The van der Waals surface area contributed by atoms with Crippen LogP contribution in [0.4, 0.5) is 11.4 Å². The molecule has 6 heteroatoms. The van der Waals surface area contributed by atoms with Gasteiger partial charge in [-0.05, 0) is 49.7 Å². The van der Waals surface area contributed by atoms with E-state index < -0.39 is 0 Å². The van der Waals surface area contributed by atoms with Crippen molar-refractivity contribution in [1.82, 2.24) is 9.80 Å². The van der Waals surface area contributed by atoms with Gasteiger partial charge in [0.05, 0.1) is 5.56 Å². The first-order valence-corrected chi connectivity index (χ1v) is 12.4. The minimum Gasteiger partial charge on any atom is -0.380 e. The summed E-state index contributed by atoms with van der Waals surface area (Å²) in [6, 6.07) is 25.7. The molecule has 1 heterocycles. The van der Waals surface area contributed by atoms with Crippen molar-refractivity contribution in [2.45, 2.75) is 20.4 Å². The van der Waals surface area contributed by atoms with Gasteiger partial charge in [0.1, 0.15) is 0 Å². The van der Waals surface area contributed by atoms with E-state index in [-0.39, 0.29) is 11.8 Å². The van der Waals surface area contributed by atoms with Gasteiger partial charge in [0.25, 0.3) is 11.8 Å². The number of piperazine rings is 1. The van der Waals surface area contributed by atoms with Crippen LogP contribution < -0.4 is 10.2 Å². The largest absolute Gasteiger partial charge is 0.380 e. The Kier molecular flexibility index (Phi) is 8.03. The van der Waals surface area contributed by atoms with Crippen LogP contribution in [0.1, 0.15) is 40.1 Å². The fraction of sp³-hybridized carbons (Fsp3) is 0.310. The van der Waals surface area contributed by atoms with E-state index >= 15 is 0 Å². The molecular weight excluding hydrogens is 436 g/mol. The number of nitrogens with one attached hydrogen (secondary N) is 1. The van der Waals surface area contributed by atoms with Crippen molar-refractivity contribution in [3.05, 3.63) is 95.6 Å². The quantitative estimate of drug-likeness (QED) is 0.517. The third-order valence-electron chi connectivity index (χ3n) is 6.56. The summed E-state index contributed by atoms with van der Waals surface area (Å²) >= 11 is 0. The van der Waals surface area contributed by atoms with E-state index in [1.807, 2.05) is 84.3 Å². The lowest BCUT2D eigenvalue weighted by atomic mass is 10.1. The first-order chi connectivity index (χ1) is 17.1. The number of carbonyl (C=O) groups is 2. The fourth-order valence-electron chi connectivity index (χ4n) is 4.47. The van der Waals surface area contributed by atoms with E-state index in [2.05, 4.69) is 28.4 Å². The molecule has 4 rings (SSSR count). The number of carbonyl (C=O) groups excluding carboxylic acids is 2. The van der Waals surface area contributed by atoms with E-state index in [1.54, 1.807) is 0 Å². The van der Waals surface area contributed by atoms with Gasteiger partial charge in [-0.2, -0.15) is 0 Å². The molecule has 182 valence electrons. The Morgan fingerprint density at radius 1 is 0.829 bits per heavy atom. The van der Waals surface area contributed by atoms with Crippen molar-refractivity contribution in [2.75, 3.05) is 49.5 Å². The molecule has 0 radical (unpaired) electrons. The minimum atomic E-state index is 0.0374. The van der Waals surface area contributed by atoms with Crippen LogP contribution in [0, 0.1) is 0 Å². The Bertz CT molecular complexity index is 1120. The molecule has 0 aromatic heterocycles. The van der Waals surface area contributed by atoms with Gasteiger partial charge in [-0.3, -0.25) is 9.59 Å². The zero-order valence-corrected chi connectivity index (χ0v) is 20.6. The Morgan fingerprint density at radius 3 is 2.09 bits per heavy atom. The first-order valence-electron chi connectivity index (χ1n) is 12.4. The lowest BCUT2D eigenvalue weighted by Gasteiger charge is -2.36.